The summed E-state index contributed by atoms with van der Waals surface area (Å²) in [6, 6.07) is 0. The highest BCUT2D eigenvalue weighted by Crippen LogP contribution is 2.10. The van der Waals surface area contributed by atoms with Crippen LogP contribution in [-0.4, -0.2) is 46.9 Å². The molecule has 1 heterocycles. The highest BCUT2D eigenvalue weighted by molar-refractivity contribution is 5.73. The molecule has 2 unspecified atom stereocenters. The molecule has 0 saturated heterocycles. The van der Waals surface area contributed by atoms with Crippen LogP contribution in [0.1, 0.15) is 13.8 Å². The second-order valence-corrected chi connectivity index (χ2v) is 3.42. The van der Waals surface area contributed by atoms with E-state index in [-0.39, 0.29) is 6.23 Å². The van der Waals surface area contributed by atoms with Crippen molar-refractivity contribution in [2.45, 2.75) is 26.2 Å². The first-order chi connectivity index (χ1) is 6.50. The molecule has 0 amide bonds. The molecule has 0 spiro atoms. The number of nitrogens with zero attached hydrogens (tertiary/aromatic N) is 2. The van der Waals surface area contributed by atoms with E-state index in [1.807, 2.05) is 29.2 Å². The van der Waals surface area contributed by atoms with E-state index < -0.39 is 12.1 Å². The lowest BCUT2D eigenvalue weighted by molar-refractivity contribution is -0.164. The number of rotatable bonds is 3. The Morgan fingerprint density at radius 3 is 2.57 bits per heavy atom. The number of hydrogen-bond donors (Lipinski definition) is 1. The van der Waals surface area contributed by atoms with E-state index in [1.54, 1.807) is 6.92 Å². The summed E-state index contributed by atoms with van der Waals surface area (Å²) in [5, 5.41) is 8.94. The molecule has 5 nitrogen and oxygen atoms in total. The average Bonchev–Trinajstić information content (AvgIpc) is 2.51. The zero-order chi connectivity index (χ0) is 10.7. The van der Waals surface area contributed by atoms with E-state index in [0.717, 1.165) is 0 Å². The quantitative estimate of drug-likeness (QED) is 0.646. The van der Waals surface area contributed by atoms with Gasteiger partial charge in [-0.15, -0.1) is 0 Å². The maximum absolute atomic E-state index is 11.1. The minimum absolute atomic E-state index is 0.349. The Balaban J connectivity index is 2.39. The van der Waals surface area contributed by atoms with Gasteiger partial charge >= 0.3 is 5.97 Å². The van der Waals surface area contributed by atoms with E-state index >= 15 is 0 Å². The lowest BCUT2D eigenvalue weighted by Gasteiger charge is -2.25. The molecule has 14 heavy (non-hydrogen) atoms. The van der Waals surface area contributed by atoms with Crippen LogP contribution in [0.3, 0.4) is 0 Å². The minimum atomic E-state index is -1.07. The molecule has 1 aliphatic rings. The third-order valence-corrected chi connectivity index (χ3v) is 1.99. The highest BCUT2D eigenvalue weighted by atomic mass is 16.6. The van der Waals surface area contributed by atoms with Crippen LogP contribution in [-0.2, 0) is 9.53 Å². The fourth-order valence-corrected chi connectivity index (χ4v) is 1.12. The van der Waals surface area contributed by atoms with E-state index in [4.69, 9.17) is 9.84 Å². The molecule has 0 aromatic rings. The van der Waals surface area contributed by atoms with Crippen LogP contribution in [0.4, 0.5) is 0 Å². The van der Waals surface area contributed by atoms with Crippen molar-refractivity contribution in [2.24, 2.45) is 0 Å². The van der Waals surface area contributed by atoms with Gasteiger partial charge in [0.2, 0.25) is 0 Å². The molecule has 0 bridgehead atoms. The maximum Gasteiger partial charge on any atom is 0.336 e. The molecule has 0 aliphatic carbocycles. The Kier molecular flexibility index (Phi) is 3.35. The number of esters is 1. The fraction of sp³-hybridized carbons (Fsp3) is 0.667. The van der Waals surface area contributed by atoms with Gasteiger partial charge in [-0.2, -0.15) is 0 Å². The maximum atomic E-state index is 11.1. The monoisotopic (exact) mass is 200 g/mol. The molecule has 1 N–H and O–H groups in total. The highest BCUT2D eigenvalue weighted by Gasteiger charge is 2.20. The van der Waals surface area contributed by atoms with E-state index in [2.05, 4.69) is 0 Å². The van der Waals surface area contributed by atoms with Gasteiger partial charge in [0.05, 0.1) is 6.67 Å². The molecule has 80 valence electrons. The number of ether oxygens (including phenoxy) is 1. The van der Waals surface area contributed by atoms with E-state index in [0.29, 0.717) is 6.67 Å². The van der Waals surface area contributed by atoms with Gasteiger partial charge in [0, 0.05) is 19.4 Å². The lowest BCUT2D eigenvalue weighted by Crippen LogP contribution is -2.36. The first kappa shape index (κ1) is 10.8. The van der Waals surface area contributed by atoms with Crippen molar-refractivity contribution in [1.29, 1.82) is 0 Å². The summed E-state index contributed by atoms with van der Waals surface area (Å²) in [5.41, 5.74) is 0. The Labute approximate surface area is 83.6 Å². The number of hydrogen-bond acceptors (Lipinski definition) is 5. The van der Waals surface area contributed by atoms with Crippen molar-refractivity contribution in [3.05, 3.63) is 12.4 Å². The van der Waals surface area contributed by atoms with Gasteiger partial charge in [-0.25, -0.2) is 4.79 Å². The van der Waals surface area contributed by atoms with Gasteiger partial charge in [-0.1, -0.05) is 0 Å². The van der Waals surface area contributed by atoms with Crippen LogP contribution in [0.15, 0.2) is 12.4 Å². The topological polar surface area (TPSA) is 53.0 Å². The summed E-state index contributed by atoms with van der Waals surface area (Å²) < 4.78 is 5.00. The fourth-order valence-electron chi connectivity index (χ4n) is 1.12. The van der Waals surface area contributed by atoms with Gasteiger partial charge in [-0.05, 0) is 13.8 Å². The van der Waals surface area contributed by atoms with Gasteiger partial charge in [0.25, 0.3) is 0 Å². The molecule has 1 rings (SSSR count). The van der Waals surface area contributed by atoms with Gasteiger partial charge in [-0.3, -0.25) is 0 Å². The third-order valence-electron chi connectivity index (χ3n) is 1.99. The van der Waals surface area contributed by atoms with Crippen molar-refractivity contribution in [1.82, 2.24) is 9.80 Å². The number of aliphatic hydroxyl groups excluding tert-OH is 1. The van der Waals surface area contributed by atoms with Crippen LogP contribution < -0.4 is 0 Å². The summed E-state index contributed by atoms with van der Waals surface area (Å²) in [6.07, 6.45) is 2.33. The van der Waals surface area contributed by atoms with E-state index in [9.17, 15) is 4.79 Å². The molecule has 5 heteroatoms. The van der Waals surface area contributed by atoms with E-state index in [1.165, 1.54) is 6.92 Å². The minimum Gasteiger partial charge on any atom is -0.440 e. The number of carbonyl (C=O) groups is 1. The van der Waals surface area contributed by atoms with Crippen molar-refractivity contribution < 1.29 is 14.6 Å². The zero-order valence-corrected chi connectivity index (χ0v) is 8.67. The molecule has 0 saturated carbocycles. The van der Waals surface area contributed by atoms with Gasteiger partial charge in [0.1, 0.15) is 6.10 Å². The molecule has 0 aromatic carbocycles. The van der Waals surface area contributed by atoms with Crippen molar-refractivity contribution in [2.75, 3.05) is 13.7 Å². The van der Waals surface area contributed by atoms with Crippen LogP contribution in [0.25, 0.3) is 0 Å². The Hall–Kier alpha value is -1.23. The van der Waals surface area contributed by atoms with Crippen LogP contribution in [0, 0.1) is 0 Å². The molecule has 1 aliphatic heterocycles. The summed E-state index contributed by atoms with van der Waals surface area (Å²) in [5.74, 6) is -0.597. The molecular weight excluding hydrogens is 184 g/mol. The second-order valence-electron chi connectivity index (χ2n) is 3.42. The average molecular weight is 200 g/mol. The van der Waals surface area contributed by atoms with Gasteiger partial charge in [0.15, 0.2) is 6.23 Å². The lowest BCUT2D eigenvalue weighted by atomic mass is 10.4. The molecule has 0 radical (unpaired) electrons. The molecule has 0 fully saturated rings. The first-order valence-corrected chi connectivity index (χ1v) is 4.53. The Bertz CT molecular complexity index is 240. The number of carbonyl (C=O) groups excluding carboxylic acids is 1. The molecule has 2 atom stereocenters. The van der Waals surface area contributed by atoms with Crippen LogP contribution >= 0.6 is 0 Å². The zero-order valence-electron chi connectivity index (χ0n) is 8.67. The Morgan fingerprint density at radius 2 is 2.14 bits per heavy atom. The van der Waals surface area contributed by atoms with Crippen LogP contribution in [0.5, 0.6) is 0 Å². The van der Waals surface area contributed by atoms with Crippen molar-refractivity contribution in [3.8, 4) is 0 Å². The third kappa shape index (κ3) is 2.63. The summed E-state index contributed by atoms with van der Waals surface area (Å²) >= 11 is 0. The smallest absolute Gasteiger partial charge is 0.336 e. The first-order valence-electron chi connectivity index (χ1n) is 4.53. The summed E-state index contributed by atoms with van der Waals surface area (Å²) in [6.45, 7) is 3.85. The normalized spacial score (nSPS) is 19.7. The SMILES string of the molecule is CC(O)C(=O)OC(C)N1C=CN(C)C1. The standard InChI is InChI=1S/C9H16N2O3/c1-7(12)9(13)14-8(2)11-5-4-10(3)6-11/h4-5,7-8,12H,6H2,1-3H3. The number of aliphatic hydroxyl groups is 1. The van der Waals surface area contributed by atoms with Gasteiger partial charge < -0.3 is 19.6 Å². The molecule has 0 aromatic heterocycles. The molecular formula is C9H16N2O3. The summed E-state index contributed by atoms with van der Waals surface area (Å²) in [4.78, 5) is 14.9. The predicted octanol–water partition coefficient (Wildman–Crippen LogP) is -0.0675. The summed E-state index contributed by atoms with van der Waals surface area (Å²) in [7, 11) is 1.93. The second kappa shape index (κ2) is 4.32. The predicted molar refractivity (Wildman–Crippen MR) is 50.8 cm³/mol. The largest absolute Gasteiger partial charge is 0.440 e. The van der Waals surface area contributed by atoms with Crippen molar-refractivity contribution in [3.63, 3.8) is 0 Å². The Morgan fingerprint density at radius 1 is 1.50 bits per heavy atom. The van der Waals surface area contributed by atoms with Crippen molar-refractivity contribution >= 4 is 5.97 Å². The van der Waals surface area contributed by atoms with Crippen LogP contribution in [0.2, 0.25) is 0 Å².